The number of carbonyl (C=O) groups excluding carboxylic acids is 7. The van der Waals surface area contributed by atoms with Gasteiger partial charge in [-0.25, -0.2) is 4.79 Å². The zero-order valence-corrected chi connectivity index (χ0v) is 41.2. The van der Waals surface area contributed by atoms with Crippen LogP contribution in [0.4, 0.5) is 0 Å². The second-order valence-electron chi connectivity index (χ2n) is 14.4. The van der Waals surface area contributed by atoms with E-state index in [4.69, 9.17) is 35.8 Å². The van der Waals surface area contributed by atoms with Gasteiger partial charge in [0.25, 0.3) is 23.6 Å². The van der Waals surface area contributed by atoms with E-state index < -0.39 is 35.6 Å². The Morgan fingerprint density at radius 3 is 1.07 bits per heavy atom. The molecule has 0 unspecified atom stereocenters. The standard InChI is InChI=1S/C14H15NO5.C11H14O3.2C10H12O3.C4H5NO3.C2H2.Li.H2O/c1-19-11-5-2-10(3-6-11)4-9-14(18)20-15-12(16)7-8-13(15)17;1-13-10-6-3-9(4-7-10)5-8-11(12)14-2;1-13-9-5-2-8(3-6-9)4-7-10(11)12;1-13-10(12)7-4-8-2-5-9(11)6-3-8;6-3-1-2-4(7)5(3)8;1-2;;/h2-3,5-6H,4,7-9H2,1H3;3-4,6-7H,5,8H2,1-2H3;2-3,5-6H,4,7H2,1H3,(H,11,12);2-3,5-6,11H,4,7H2,1H3;8H,1-2H2;1-2H;;1H2/q;;;;;;+1;/p-1/i;;;;;1D;;. The Morgan fingerprint density at radius 2 is 0.806 bits per heavy atom. The van der Waals surface area contributed by atoms with Gasteiger partial charge in [0.15, 0.2) is 0 Å². The number of rotatable bonds is 16. The van der Waals surface area contributed by atoms with Gasteiger partial charge in [0.2, 0.25) is 0 Å². The average Bonchev–Trinajstić information content (AvgIpc) is 3.87. The van der Waals surface area contributed by atoms with Gasteiger partial charge < -0.3 is 44.2 Å². The van der Waals surface area contributed by atoms with Crippen molar-refractivity contribution in [2.24, 2.45) is 0 Å². The number of hydroxylamine groups is 4. The molecular weight excluding hydrogens is 935 g/mol. The summed E-state index contributed by atoms with van der Waals surface area (Å²) in [5, 5.41) is 26.6. The number of amides is 4. The molecule has 72 heavy (non-hydrogen) atoms. The van der Waals surface area contributed by atoms with Crippen molar-refractivity contribution in [3.05, 3.63) is 119 Å². The fourth-order valence-electron chi connectivity index (χ4n) is 5.60. The molecule has 2 aliphatic rings. The smallest absolute Gasteiger partial charge is 0.870 e. The molecule has 4 N–H and O–H groups in total. The Morgan fingerprint density at radius 1 is 0.528 bits per heavy atom. The molecule has 4 aromatic carbocycles. The quantitative estimate of drug-likeness (QED) is 0.0478. The van der Waals surface area contributed by atoms with Crippen molar-refractivity contribution < 1.29 is 108 Å². The van der Waals surface area contributed by atoms with Crippen LogP contribution in [0.1, 0.15) is 75.0 Å². The molecule has 6 rings (SSSR count). The van der Waals surface area contributed by atoms with Crippen LogP contribution < -0.4 is 33.1 Å². The van der Waals surface area contributed by atoms with Crippen molar-refractivity contribution in [2.75, 3.05) is 35.5 Å². The summed E-state index contributed by atoms with van der Waals surface area (Å²) in [6.07, 6.45) is 9.72. The zero-order chi connectivity index (χ0) is 53.1. The molecule has 0 aliphatic carbocycles. The van der Waals surface area contributed by atoms with Gasteiger partial charge in [0.1, 0.15) is 24.4 Å². The largest absolute Gasteiger partial charge is 1.00 e. The number of carboxylic acids is 1. The molecule has 21 heteroatoms. The van der Waals surface area contributed by atoms with E-state index >= 15 is 0 Å². The third-order valence-electron chi connectivity index (χ3n) is 9.57. The van der Waals surface area contributed by atoms with Gasteiger partial charge in [-0.3, -0.25) is 38.8 Å². The maximum absolute atomic E-state index is 11.6. The summed E-state index contributed by atoms with van der Waals surface area (Å²) in [5.41, 5.74) is 4.09. The third kappa shape index (κ3) is 27.5. The van der Waals surface area contributed by atoms with Gasteiger partial charge in [0.05, 0.1) is 42.0 Å². The third-order valence-corrected chi connectivity index (χ3v) is 9.57. The molecule has 4 aromatic rings. The Hall–Kier alpha value is -7.68. The van der Waals surface area contributed by atoms with Crippen LogP contribution in [-0.2, 0) is 78.4 Å². The molecule has 2 heterocycles. The minimum Gasteiger partial charge on any atom is -0.870 e. The van der Waals surface area contributed by atoms with Crippen molar-refractivity contribution in [2.45, 2.75) is 77.0 Å². The number of terminal acetylenes is 1. The summed E-state index contributed by atoms with van der Waals surface area (Å²) >= 11 is 0. The van der Waals surface area contributed by atoms with Crippen molar-refractivity contribution in [1.82, 2.24) is 10.1 Å². The van der Waals surface area contributed by atoms with E-state index in [2.05, 4.69) is 15.9 Å². The molecule has 2 saturated heterocycles. The number of phenolic OH excluding ortho intramolecular Hbond substituents is 1. The molecule has 4 amide bonds. The Bertz CT molecular complexity index is 2310. The number of aromatic hydroxyl groups is 1. The minimum absolute atomic E-state index is 0. The molecule has 0 aromatic heterocycles. The summed E-state index contributed by atoms with van der Waals surface area (Å²) in [5.74, 6) is -1.10. The summed E-state index contributed by atoms with van der Waals surface area (Å²) < 4.78 is 29.8. The van der Waals surface area contributed by atoms with Crippen LogP contribution in [0.5, 0.6) is 23.0 Å². The number of nitrogens with zero attached hydrogens (tertiary/aromatic N) is 2. The molecule has 0 atom stereocenters. The van der Waals surface area contributed by atoms with Gasteiger partial charge in [-0.1, -0.05) is 48.5 Å². The number of imide groups is 2. The molecular formula is C51H61LiN2O18. The van der Waals surface area contributed by atoms with Crippen LogP contribution >= 0.6 is 0 Å². The molecule has 0 spiro atoms. The number of methoxy groups -OCH3 is 5. The van der Waals surface area contributed by atoms with Crippen LogP contribution in [-0.4, -0.2) is 114 Å². The van der Waals surface area contributed by atoms with Gasteiger partial charge in [-0.15, -0.1) is 17.9 Å². The predicted octanol–water partition coefficient (Wildman–Crippen LogP) is 2.85. The van der Waals surface area contributed by atoms with Crippen molar-refractivity contribution >= 4 is 47.5 Å². The van der Waals surface area contributed by atoms with Crippen molar-refractivity contribution in [3.8, 4) is 35.8 Å². The van der Waals surface area contributed by atoms with Crippen LogP contribution in [0.3, 0.4) is 0 Å². The topological polar surface area (TPSA) is 289 Å². The van der Waals surface area contributed by atoms with Gasteiger partial charge in [-0.05, 0) is 96.5 Å². The Kier molecular flexibility index (Phi) is 34.1. The number of carbonyl (C=O) groups is 8. The van der Waals surface area contributed by atoms with Crippen molar-refractivity contribution in [3.63, 3.8) is 0 Å². The normalized spacial score (nSPS) is 11.8. The van der Waals surface area contributed by atoms with Crippen molar-refractivity contribution in [1.29, 1.82) is 0 Å². The van der Waals surface area contributed by atoms with E-state index in [1.165, 1.54) is 20.6 Å². The molecule has 0 bridgehead atoms. The maximum atomic E-state index is 11.6. The summed E-state index contributed by atoms with van der Waals surface area (Å²) in [6.45, 7) is 0. The first-order valence-corrected chi connectivity index (χ1v) is 21.4. The average molecular weight is 998 g/mol. The minimum atomic E-state index is -0.768. The summed E-state index contributed by atoms with van der Waals surface area (Å²) in [6, 6.07) is 29.1. The van der Waals surface area contributed by atoms with E-state index in [0.29, 0.717) is 43.6 Å². The number of ether oxygens (including phenoxy) is 5. The number of hydrogen-bond donors (Lipinski definition) is 3. The zero-order valence-electron chi connectivity index (χ0n) is 42.2. The molecule has 2 aliphatic heterocycles. The number of phenols is 1. The number of carboxylic acid groups (broad SMARTS) is 1. The monoisotopic (exact) mass is 997 g/mol. The fraction of sp³-hybridized carbons (Fsp3) is 0.333. The van der Waals surface area contributed by atoms with Crippen LogP contribution in [0, 0.1) is 12.8 Å². The number of esters is 2. The summed E-state index contributed by atoms with van der Waals surface area (Å²) in [7, 11) is 7.58. The van der Waals surface area contributed by atoms with E-state index in [1.807, 2.05) is 60.7 Å². The van der Waals surface area contributed by atoms with Crippen LogP contribution in [0.15, 0.2) is 97.1 Å². The first-order valence-electron chi connectivity index (χ1n) is 21.9. The Labute approximate surface area is 431 Å². The summed E-state index contributed by atoms with van der Waals surface area (Å²) in [4.78, 5) is 91.3. The van der Waals surface area contributed by atoms with E-state index in [-0.39, 0.29) is 85.6 Å². The molecule has 384 valence electrons. The second-order valence-corrected chi connectivity index (χ2v) is 14.4. The van der Waals surface area contributed by atoms with Gasteiger partial charge in [-0.2, -0.15) is 5.06 Å². The number of aliphatic carboxylic acids is 1. The second kappa shape index (κ2) is 38.1. The SMILES string of the molecule is COC(=O)CCc1ccc(O)cc1.COC(=O)CCc1ccc(OC)cc1.COc1ccc(CCC(=O)O)cc1.COc1ccc(CCC(=O)ON2C(=O)CCC2=O)cc1.O=C1CCC(=O)N1O.[2H]C#C.[Li+].[OH-]. The fourth-order valence-corrected chi connectivity index (χ4v) is 5.60. The number of hydrogen-bond acceptors (Lipinski definition) is 17. The van der Waals surface area contributed by atoms with Gasteiger partial charge in [0, 0.05) is 44.9 Å². The van der Waals surface area contributed by atoms with Crippen LogP contribution in [0.25, 0.3) is 0 Å². The first kappa shape index (κ1) is 64.3. The predicted molar refractivity (Wildman–Crippen MR) is 254 cm³/mol. The van der Waals surface area contributed by atoms with Gasteiger partial charge >= 0.3 is 42.7 Å². The molecule has 0 saturated carbocycles. The van der Waals surface area contributed by atoms with E-state index in [1.54, 1.807) is 57.7 Å². The van der Waals surface area contributed by atoms with E-state index in [0.717, 1.165) is 39.5 Å². The molecule has 20 nitrogen and oxygen atoms in total. The molecule has 2 fully saturated rings. The first-order chi connectivity index (χ1) is 33.9. The molecule has 0 radical (unpaired) electrons. The maximum Gasteiger partial charge on any atom is 1.00 e. The number of aryl methyl sites for hydroxylation is 4. The Balaban J connectivity index is 0. The van der Waals surface area contributed by atoms with E-state index in [9.17, 15) is 38.4 Å². The number of benzene rings is 4. The van der Waals surface area contributed by atoms with Crippen LogP contribution in [0.2, 0.25) is 0 Å².